The lowest BCUT2D eigenvalue weighted by atomic mass is 10.2. The molecule has 0 bridgehead atoms. The first-order valence-electron chi connectivity index (χ1n) is 4.62. The zero-order chi connectivity index (χ0) is 14.4. The minimum atomic E-state index is -0.156. The SMILES string of the molecule is C=CCOc1c(Cl)c(N=[N+]=[N-])c(Cl)c(N=[N+]=[N-])c1Cl. The first kappa shape index (κ1) is 15.3. The second-order valence-electron chi connectivity index (χ2n) is 2.95. The van der Waals surface area contributed by atoms with Gasteiger partial charge in [0.05, 0.1) is 26.4 Å². The Bertz CT molecular complexity index is 574. The molecule has 0 aliphatic heterocycles. The summed E-state index contributed by atoms with van der Waals surface area (Å²) in [6.45, 7) is 3.57. The first-order valence-corrected chi connectivity index (χ1v) is 5.76. The monoisotopic (exact) mass is 318 g/mol. The fraction of sp³-hybridized carbons (Fsp3) is 0.111. The van der Waals surface area contributed by atoms with Crippen molar-refractivity contribution in [1.29, 1.82) is 0 Å². The molecule has 0 saturated heterocycles. The van der Waals surface area contributed by atoms with Crippen molar-refractivity contribution < 1.29 is 4.74 Å². The maximum Gasteiger partial charge on any atom is 0.158 e. The number of ether oxygens (including phenoxy) is 1. The molecule has 19 heavy (non-hydrogen) atoms. The van der Waals surface area contributed by atoms with E-state index in [1.54, 1.807) is 0 Å². The summed E-state index contributed by atoms with van der Waals surface area (Å²) in [6, 6.07) is 0. The van der Waals surface area contributed by atoms with Crippen molar-refractivity contribution in [2.45, 2.75) is 0 Å². The summed E-state index contributed by atoms with van der Waals surface area (Å²) in [6.07, 6.45) is 1.46. The lowest BCUT2D eigenvalue weighted by Gasteiger charge is -2.13. The maximum atomic E-state index is 8.47. The van der Waals surface area contributed by atoms with Gasteiger partial charge in [0.2, 0.25) is 0 Å². The van der Waals surface area contributed by atoms with Crippen molar-refractivity contribution in [3.8, 4) is 5.75 Å². The van der Waals surface area contributed by atoms with Gasteiger partial charge < -0.3 is 4.74 Å². The van der Waals surface area contributed by atoms with Crippen molar-refractivity contribution in [2.75, 3.05) is 6.61 Å². The van der Waals surface area contributed by atoms with E-state index in [-0.39, 0.29) is 38.8 Å². The second kappa shape index (κ2) is 6.99. The van der Waals surface area contributed by atoms with Crippen LogP contribution in [-0.2, 0) is 0 Å². The predicted molar refractivity (Wildman–Crippen MR) is 74.8 cm³/mol. The van der Waals surface area contributed by atoms with Gasteiger partial charge in [0, 0.05) is 9.82 Å². The highest BCUT2D eigenvalue weighted by molar-refractivity contribution is 6.46. The van der Waals surface area contributed by atoms with Crippen LogP contribution in [0.2, 0.25) is 15.1 Å². The van der Waals surface area contributed by atoms with E-state index >= 15 is 0 Å². The highest BCUT2D eigenvalue weighted by Crippen LogP contribution is 2.51. The third-order valence-electron chi connectivity index (χ3n) is 1.87. The maximum absolute atomic E-state index is 8.47. The summed E-state index contributed by atoms with van der Waals surface area (Å²) < 4.78 is 5.24. The van der Waals surface area contributed by atoms with Gasteiger partial charge in [-0.15, -0.1) is 0 Å². The second-order valence-corrected chi connectivity index (χ2v) is 4.08. The lowest BCUT2D eigenvalue weighted by Crippen LogP contribution is -1.95. The molecule has 0 aliphatic rings. The summed E-state index contributed by atoms with van der Waals surface area (Å²) in [7, 11) is 0. The molecule has 7 nitrogen and oxygen atoms in total. The zero-order valence-corrected chi connectivity index (χ0v) is 11.5. The Balaban J connectivity index is 3.67. The summed E-state index contributed by atoms with van der Waals surface area (Å²) in [5.74, 6) is -0.00238. The fourth-order valence-corrected chi connectivity index (χ4v) is 2.12. The van der Waals surface area contributed by atoms with Crippen LogP contribution in [0, 0.1) is 0 Å². The minimum absolute atomic E-state index is 0.00238. The summed E-state index contributed by atoms with van der Waals surface area (Å²) in [4.78, 5) is 5.16. The molecule has 0 aliphatic carbocycles. The van der Waals surface area contributed by atoms with E-state index in [1.165, 1.54) is 6.08 Å². The minimum Gasteiger partial charge on any atom is -0.486 e. The van der Waals surface area contributed by atoms with Crippen LogP contribution in [0.25, 0.3) is 20.9 Å². The molecule has 0 spiro atoms. The van der Waals surface area contributed by atoms with Gasteiger partial charge in [-0.1, -0.05) is 57.7 Å². The highest BCUT2D eigenvalue weighted by atomic mass is 35.5. The molecular weight excluding hydrogens is 314 g/mol. The van der Waals surface area contributed by atoms with Crippen molar-refractivity contribution in [1.82, 2.24) is 0 Å². The van der Waals surface area contributed by atoms with E-state index in [2.05, 4.69) is 26.6 Å². The number of halogens is 3. The molecule has 0 fully saturated rings. The number of nitrogens with zero attached hydrogens (tertiary/aromatic N) is 6. The predicted octanol–water partition coefficient (Wildman–Crippen LogP) is 6.10. The van der Waals surface area contributed by atoms with E-state index in [0.29, 0.717) is 0 Å². The quantitative estimate of drug-likeness (QED) is 0.278. The summed E-state index contributed by atoms with van der Waals surface area (Å²) in [5.41, 5.74) is 16.7. The standard InChI is InChI=1S/C9H5Cl3N6O/c1-2-3-19-9-5(11)7(15-17-13)4(10)8(6(9)12)16-18-14/h2H,1,3H2. The molecule has 1 aromatic carbocycles. The van der Waals surface area contributed by atoms with Crippen LogP contribution < -0.4 is 4.74 Å². The van der Waals surface area contributed by atoms with E-state index in [1.807, 2.05) is 0 Å². The van der Waals surface area contributed by atoms with Crippen molar-refractivity contribution in [3.05, 3.63) is 48.6 Å². The number of hydrogen-bond donors (Lipinski definition) is 0. The van der Waals surface area contributed by atoms with E-state index in [4.69, 9.17) is 50.6 Å². The van der Waals surface area contributed by atoms with Gasteiger partial charge in [-0.3, -0.25) is 0 Å². The van der Waals surface area contributed by atoms with Crippen LogP contribution in [0.5, 0.6) is 5.75 Å². The topological polar surface area (TPSA) is 107 Å². The number of azide groups is 2. The van der Waals surface area contributed by atoms with Crippen molar-refractivity contribution in [2.24, 2.45) is 10.2 Å². The number of benzene rings is 1. The average molecular weight is 320 g/mol. The van der Waals surface area contributed by atoms with Gasteiger partial charge in [-0.05, 0) is 11.1 Å². The molecule has 1 aromatic rings. The van der Waals surface area contributed by atoms with Crippen molar-refractivity contribution in [3.63, 3.8) is 0 Å². The van der Waals surface area contributed by atoms with E-state index in [0.717, 1.165) is 0 Å². The summed E-state index contributed by atoms with van der Waals surface area (Å²) in [5, 5.41) is 6.34. The molecule has 0 radical (unpaired) electrons. The third-order valence-corrected chi connectivity index (χ3v) is 2.92. The van der Waals surface area contributed by atoms with Crippen LogP contribution in [-0.4, -0.2) is 6.61 Å². The molecule has 0 N–H and O–H groups in total. The van der Waals surface area contributed by atoms with Crippen LogP contribution in [0.3, 0.4) is 0 Å². The molecule has 0 heterocycles. The smallest absolute Gasteiger partial charge is 0.158 e. The third kappa shape index (κ3) is 3.17. The average Bonchev–Trinajstić information content (AvgIpc) is 2.40. The molecule has 0 atom stereocenters. The Morgan fingerprint density at radius 2 is 1.53 bits per heavy atom. The van der Waals surface area contributed by atoms with Crippen LogP contribution >= 0.6 is 34.8 Å². The van der Waals surface area contributed by atoms with Gasteiger partial charge in [-0.25, -0.2) is 0 Å². The van der Waals surface area contributed by atoms with Crippen molar-refractivity contribution >= 4 is 46.2 Å². The molecule has 0 saturated carbocycles. The highest BCUT2D eigenvalue weighted by Gasteiger charge is 2.21. The molecule has 0 aromatic heterocycles. The lowest BCUT2D eigenvalue weighted by molar-refractivity contribution is 0.364. The van der Waals surface area contributed by atoms with E-state index in [9.17, 15) is 0 Å². The van der Waals surface area contributed by atoms with Gasteiger partial charge in [0.15, 0.2) is 5.75 Å². The first-order chi connectivity index (χ1) is 9.08. The molecule has 0 amide bonds. The normalized spacial score (nSPS) is 9.21. The Morgan fingerprint density at radius 3 is 1.89 bits per heavy atom. The van der Waals surface area contributed by atoms with Crippen LogP contribution in [0.15, 0.2) is 22.9 Å². The molecule has 0 unspecified atom stereocenters. The van der Waals surface area contributed by atoms with Gasteiger partial charge >= 0.3 is 0 Å². The fourth-order valence-electron chi connectivity index (χ4n) is 1.15. The van der Waals surface area contributed by atoms with Gasteiger partial charge in [0.25, 0.3) is 0 Å². The zero-order valence-electron chi connectivity index (χ0n) is 9.22. The number of hydrogen-bond acceptors (Lipinski definition) is 3. The molecule has 10 heteroatoms. The Kier molecular flexibility index (Phi) is 5.63. The summed E-state index contributed by atoms with van der Waals surface area (Å²) >= 11 is 17.9. The molecule has 98 valence electrons. The Morgan fingerprint density at radius 1 is 1.05 bits per heavy atom. The van der Waals surface area contributed by atoms with Crippen LogP contribution in [0.1, 0.15) is 0 Å². The molecular formula is C9H5Cl3N6O. The molecule has 1 rings (SSSR count). The van der Waals surface area contributed by atoms with Gasteiger partial charge in [-0.2, -0.15) is 0 Å². The van der Waals surface area contributed by atoms with E-state index < -0.39 is 0 Å². The van der Waals surface area contributed by atoms with Gasteiger partial charge in [0.1, 0.15) is 6.61 Å². The largest absolute Gasteiger partial charge is 0.486 e. The number of rotatable bonds is 5. The Labute approximate surface area is 122 Å². The Hall–Kier alpha value is -1.75. The van der Waals surface area contributed by atoms with Crippen LogP contribution in [0.4, 0.5) is 11.4 Å².